The van der Waals surface area contributed by atoms with Crippen molar-refractivity contribution >= 4 is 10.0 Å². The summed E-state index contributed by atoms with van der Waals surface area (Å²) in [6.45, 7) is 4.54. The number of hydrogen-bond donors (Lipinski definition) is 2. The fourth-order valence-corrected chi connectivity index (χ4v) is 4.28. The minimum absolute atomic E-state index is 0.0579. The molecule has 0 bridgehead atoms. The Morgan fingerprint density at radius 3 is 2.71 bits per heavy atom. The number of benzene rings is 1. The number of hydrogen-bond acceptors (Lipinski definition) is 3. The zero-order valence-electron chi connectivity index (χ0n) is 12.9. The smallest absolute Gasteiger partial charge is 0.240 e. The van der Waals surface area contributed by atoms with Crippen molar-refractivity contribution in [3.63, 3.8) is 0 Å². The molecule has 1 aromatic rings. The van der Waals surface area contributed by atoms with E-state index in [0.717, 1.165) is 36.8 Å². The van der Waals surface area contributed by atoms with Crippen LogP contribution < -0.4 is 10.5 Å². The molecule has 2 unspecified atom stereocenters. The first-order chi connectivity index (χ1) is 9.92. The number of aryl methyl sites for hydroxylation is 1. The lowest BCUT2D eigenvalue weighted by molar-refractivity contribution is 0.484. The molecule has 0 heterocycles. The first kappa shape index (κ1) is 16.5. The first-order valence-electron chi connectivity index (χ1n) is 7.74. The lowest BCUT2D eigenvalue weighted by Gasteiger charge is -2.17. The van der Waals surface area contributed by atoms with E-state index in [9.17, 15) is 8.42 Å². The highest BCUT2D eigenvalue weighted by Crippen LogP contribution is 2.24. The molecule has 1 aromatic carbocycles. The molecule has 2 rings (SSSR count). The van der Waals surface area contributed by atoms with E-state index in [1.54, 1.807) is 12.1 Å². The van der Waals surface area contributed by atoms with Gasteiger partial charge in [-0.15, -0.1) is 0 Å². The summed E-state index contributed by atoms with van der Waals surface area (Å²) < 4.78 is 27.9. The quantitative estimate of drug-likeness (QED) is 0.840. The van der Waals surface area contributed by atoms with Gasteiger partial charge in [0.15, 0.2) is 0 Å². The predicted octanol–water partition coefficient (Wildman–Crippen LogP) is 2.70. The molecule has 1 aliphatic rings. The average Bonchev–Trinajstić information content (AvgIpc) is 2.63. The predicted molar refractivity (Wildman–Crippen MR) is 85.4 cm³/mol. The Morgan fingerprint density at radius 2 is 2.00 bits per heavy atom. The van der Waals surface area contributed by atoms with Crippen LogP contribution in [-0.4, -0.2) is 14.5 Å². The van der Waals surface area contributed by atoms with Crippen molar-refractivity contribution in [3.05, 3.63) is 29.3 Å². The molecule has 5 heteroatoms. The summed E-state index contributed by atoms with van der Waals surface area (Å²) in [7, 11) is -3.45. The number of rotatable bonds is 4. The minimum Gasteiger partial charge on any atom is -0.326 e. The van der Waals surface area contributed by atoms with E-state index in [1.807, 2.05) is 13.0 Å². The van der Waals surface area contributed by atoms with Crippen LogP contribution in [0.3, 0.4) is 0 Å². The standard InChI is InChI=1S/C16H26N2O2S/c1-12-4-3-5-15(8-6-12)18-21(19,20)16-9-7-13(2)14(10-16)11-17/h7,9-10,12,15,18H,3-6,8,11,17H2,1-2H3. The van der Waals surface area contributed by atoms with Crippen LogP contribution in [-0.2, 0) is 16.6 Å². The molecule has 0 saturated heterocycles. The fourth-order valence-electron chi connectivity index (χ4n) is 2.93. The van der Waals surface area contributed by atoms with Gasteiger partial charge in [0.1, 0.15) is 0 Å². The lowest BCUT2D eigenvalue weighted by atomic mass is 10.0. The molecule has 0 amide bonds. The molecule has 0 spiro atoms. The normalized spacial score (nSPS) is 23.8. The summed E-state index contributed by atoms with van der Waals surface area (Å²) in [4.78, 5) is 0.325. The van der Waals surface area contributed by atoms with E-state index in [-0.39, 0.29) is 6.04 Å². The van der Waals surface area contributed by atoms with Crippen LogP contribution >= 0.6 is 0 Å². The maximum atomic E-state index is 12.5. The van der Waals surface area contributed by atoms with E-state index in [0.29, 0.717) is 17.4 Å². The monoisotopic (exact) mass is 310 g/mol. The lowest BCUT2D eigenvalue weighted by Crippen LogP contribution is -2.34. The van der Waals surface area contributed by atoms with Gasteiger partial charge < -0.3 is 5.73 Å². The third-order valence-electron chi connectivity index (χ3n) is 4.43. The number of nitrogens with one attached hydrogen (secondary N) is 1. The van der Waals surface area contributed by atoms with Gasteiger partial charge in [-0.25, -0.2) is 13.1 Å². The molecule has 1 aliphatic carbocycles. The SMILES string of the molecule is Cc1ccc(S(=O)(=O)NC2CCCC(C)CC2)cc1CN. The van der Waals surface area contributed by atoms with E-state index in [2.05, 4.69) is 11.6 Å². The van der Waals surface area contributed by atoms with Crippen molar-refractivity contribution in [1.29, 1.82) is 0 Å². The number of sulfonamides is 1. The van der Waals surface area contributed by atoms with Gasteiger partial charge in [-0.2, -0.15) is 0 Å². The van der Waals surface area contributed by atoms with Crippen LogP contribution in [0.25, 0.3) is 0 Å². The van der Waals surface area contributed by atoms with Crippen molar-refractivity contribution in [2.45, 2.75) is 63.4 Å². The second-order valence-electron chi connectivity index (χ2n) is 6.22. The van der Waals surface area contributed by atoms with Gasteiger partial charge >= 0.3 is 0 Å². The van der Waals surface area contributed by atoms with Crippen LogP contribution in [0, 0.1) is 12.8 Å². The first-order valence-corrected chi connectivity index (χ1v) is 9.22. The summed E-state index contributed by atoms with van der Waals surface area (Å²) in [6, 6.07) is 5.24. The summed E-state index contributed by atoms with van der Waals surface area (Å²) in [5.41, 5.74) is 7.58. The van der Waals surface area contributed by atoms with Crippen molar-refractivity contribution in [3.8, 4) is 0 Å². The molecule has 1 fully saturated rings. The van der Waals surface area contributed by atoms with E-state index in [4.69, 9.17) is 5.73 Å². The van der Waals surface area contributed by atoms with Crippen molar-refractivity contribution in [2.24, 2.45) is 11.7 Å². The second-order valence-corrected chi connectivity index (χ2v) is 7.94. The molecular formula is C16H26N2O2S. The summed E-state index contributed by atoms with van der Waals surface area (Å²) >= 11 is 0. The molecule has 4 nitrogen and oxygen atoms in total. The molecular weight excluding hydrogens is 284 g/mol. The van der Waals surface area contributed by atoms with Crippen LogP contribution in [0.5, 0.6) is 0 Å². The van der Waals surface area contributed by atoms with Crippen molar-refractivity contribution in [1.82, 2.24) is 4.72 Å². The summed E-state index contributed by atoms with van der Waals surface area (Å²) in [5.74, 6) is 0.697. The van der Waals surface area contributed by atoms with Crippen LogP contribution in [0.2, 0.25) is 0 Å². The highest BCUT2D eigenvalue weighted by Gasteiger charge is 2.23. The zero-order valence-corrected chi connectivity index (χ0v) is 13.7. The Labute approximate surface area is 128 Å². The zero-order chi connectivity index (χ0) is 15.5. The Hall–Kier alpha value is -0.910. The Morgan fingerprint density at radius 1 is 1.24 bits per heavy atom. The minimum atomic E-state index is -3.45. The van der Waals surface area contributed by atoms with Gasteiger partial charge in [0.25, 0.3) is 0 Å². The van der Waals surface area contributed by atoms with Crippen LogP contribution in [0.4, 0.5) is 0 Å². The van der Waals surface area contributed by atoms with Crippen molar-refractivity contribution in [2.75, 3.05) is 0 Å². The van der Waals surface area contributed by atoms with Gasteiger partial charge in [0.2, 0.25) is 10.0 Å². The molecule has 21 heavy (non-hydrogen) atoms. The maximum Gasteiger partial charge on any atom is 0.240 e. The summed E-state index contributed by atoms with van der Waals surface area (Å²) in [6.07, 6.45) is 5.24. The van der Waals surface area contributed by atoms with Crippen LogP contribution in [0.1, 0.15) is 50.2 Å². The van der Waals surface area contributed by atoms with E-state index in [1.165, 1.54) is 6.42 Å². The van der Waals surface area contributed by atoms with Gasteiger partial charge in [0, 0.05) is 12.6 Å². The van der Waals surface area contributed by atoms with E-state index >= 15 is 0 Å². The van der Waals surface area contributed by atoms with Gasteiger partial charge in [0.05, 0.1) is 4.90 Å². The third kappa shape index (κ3) is 4.28. The Bertz CT molecular complexity index is 584. The molecule has 3 N–H and O–H groups in total. The molecule has 0 radical (unpaired) electrons. The average molecular weight is 310 g/mol. The molecule has 1 saturated carbocycles. The molecule has 2 atom stereocenters. The molecule has 0 aliphatic heterocycles. The van der Waals surface area contributed by atoms with Gasteiger partial charge in [-0.3, -0.25) is 0 Å². The highest BCUT2D eigenvalue weighted by molar-refractivity contribution is 7.89. The fraction of sp³-hybridized carbons (Fsp3) is 0.625. The number of nitrogens with two attached hydrogens (primary N) is 1. The van der Waals surface area contributed by atoms with Gasteiger partial charge in [-0.1, -0.05) is 25.8 Å². The van der Waals surface area contributed by atoms with Crippen molar-refractivity contribution < 1.29 is 8.42 Å². The largest absolute Gasteiger partial charge is 0.326 e. The molecule has 118 valence electrons. The maximum absolute atomic E-state index is 12.5. The Kier molecular flexibility index (Phi) is 5.41. The summed E-state index contributed by atoms with van der Waals surface area (Å²) in [5, 5.41) is 0. The Balaban J connectivity index is 2.14. The third-order valence-corrected chi connectivity index (χ3v) is 5.95. The highest BCUT2D eigenvalue weighted by atomic mass is 32.2. The molecule has 0 aromatic heterocycles. The van der Waals surface area contributed by atoms with Gasteiger partial charge in [-0.05, 0) is 55.4 Å². The topological polar surface area (TPSA) is 72.2 Å². The second kappa shape index (κ2) is 6.90. The van der Waals surface area contributed by atoms with E-state index < -0.39 is 10.0 Å². The van der Waals surface area contributed by atoms with Crippen LogP contribution in [0.15, 0.2) is 23.1 Å².